The number of piperidine rings is 1. The molecule has 2 heterocycles. The van der Waals surface area contributed by atoms with Crippen molar-refractivity contribution in [2.45, 2.75) is 58.0 Å². The van der Waals surface area contributed by atoms with Gasteiger partial charge in [0, 0.05) is 37.0 Å². The van der Waals surface area contributed by atoms with Gasteiger partial charge in [0.05, 0.1) is 12.0 Å². The number of nitrogens with zero attached hydrogens (tertiary/aromatic N) is 1. The molecule has 0 aliphatic carbocycles. The first-order chi connectivity index (χ1) is 15.1. The first kappa shape index (κ1) is 22.6. The molecule has 1 spiro atoms. The lowest BCUT2D eigenvalue weighted by atomic mass is 9.82. The summed E-state index contributed by atoms with van der Waals surface area (Å²) in [6, 6.07) is 11.9. The highest BCUT2D eigenvalue weighted by atomic mass is 35.5. The number of rotatable bonds is 2. The van der Waals surface area contributed by atoms with Gasteiger partial charge in [-0.2, -0.15) is 0 Å². The molecular formula is C27H30ClNO3. The number of hydrogen-bond acceptors (Lipinski definition) is 3. The molecule has 0 radical (unpaired) electrons. The molecule has 0 N–H and O–H groups in total. The summed E-state index contributed by atoms with van der Waals surface area (Å²) in [5, 5.41) is 0.580. The van der Waals surface area contributed by atoms with E-state index in [4.69, 9.17) is 16.3 Å². The number of aryl methyl sites for hydroxylation is 1. The van der Waals surface area contributed by atoms with Crippen LogP contribution in [0.25, 0.3) is 6.08 Å². The highest BCUT2D eigenvalue weighted by Crippen LogP contribution is 2.41. The Kier molecular flexibility index (Phi) is 5.93. The molecule has 4 rings (SSSR count). The van der Waals surface area contributed by atoms with Crippen molar-refractivity contribution in [1.82, 2.24) is 4.90 Å². The molecule has 0 saturated carbocycles. The topological polar surface area (TPSA) is 46.6 Å². The van der Waals surface area contributed by atoms with Gasteiger partial charge in [0.1, 0.15) is 11.4 Å². The average molecular weight is 452 g/mol. The van der Waals surface area contributed by atoms with E-state index in [1.54, 1.807) is 12.1 Å². The monoisotopic (exact) mass is 451 g/mol. The number of ketones is 1. The third-order valence-corrected chi connectivity index (χ3v) is 6.96. The zero-order valence-corrected chi connectivity index (χ0v) is 20.0. The van der Waals surface area contributed by atoms with Crippen molar-refractivity contribution < 1.29 is 14.3 Å². The van der Waals surface area contributed by atoms with Gasteiger partial charge in [-0.3, -0.25) is 9.59 Å². The van der Waals surface area contributed by atoms with Crippen LogP contribution in [0.2, 0.25) is 5.02 Å². The number of hydrogen-bond donors (Lipinski definition) is 0. The summed E-state index contributed by atoms with van der Waals surface area (Å²) in [4.78, 5) is 27.3. The Balaban J connectivity index is 1.39. The SMILES string of the molecule is Cc1cc2c(cc1Cl)C(=O)CC1(CCN(C(=O)/C=C/c3ccc(C(C)(C)C)cc3)CC1)O2. The van der Waals surface area contributed by atoms with Crippen molar-refractivity contribution >= 4 is 29.4 Å². The van der Waals surface area contributed by atoms with E-state index in [0.29, 0.717) is 48.7 Å². The number of carbonyl (C=O) groups excluding carboxylic acids is 2. The second-order valence-corrected chi connectivity index (χ2v) is 10.4. The number of ether oxygens (including phenoxy) is 1. The molecule has 168 valence electrons. The Morgan fingerprint density at radius 3 is 2.41 bits per heavy atom. The highest BCUT2D eigenvalue weighted by Gasteiger charge is 2.43. The molecule has 32 heavy (non-hydrogen) atoms. The van der Waals surface area contributed by atoms with Gasteiger partial charge < -0.3 is 9.64 Å². The quantitative estimate of drug-likeness (QED) is 0.527. The molecule has 2 aromatic carbocycles. The smallest absolute Gasteiger partial charge is 0.246 e. The highest BCUT2D eigenvalue weighted by molar-refractivity contribution is 6.31. The Hall–Kier alpha value is -2.59. The summed E-state index contributed by atoms with van der Waals surface area (Å²) >= 11 is 6.19. The number of amides is 1. The first-order valence-corrected chi connectivity index (χ1v) is 11.5. The number of halogens is 1. The van der Waals surface area contributed by atoms with Crippen molar-refractivity contribution in [1.29, 1.82) is 0 Å². The number of benzene rings is 2. The van der Waals surface area contributed by atoms with Crippen LogP contribution in [0, 0.1) is 6.92 Å². The zero-order chi connectivity index (χ0) is 23.1. The van der Waals surface area contributed by atoms with Crippen molar-refractivity contribution in [3.63, 3.8) is 0 Å². The van der Waals surface area contributed by atoms with Gasteiger partial charge in [-0.1, -0.05) is 56.6 Å². The van der Waals surface area contributed by atoms with E-state index in [9.17, 15) is 9.59 Å². The van der Waals surface area contributed by atoms with E-state index < -0.39 is 5.60 Å². The average Bonchev–Trinajstić information content (AvgIpc) is 2.74. The predicted molar refractivity (Wildman–Crippen MR) is 128 cm³/mol. The van der Waals surface area contributed by atoms with Crippen LogP contribution in [0.1, 0.15) is 67.1 Å². The van der Waals surface area contributed by atoms with Gasteiger partial charge in [-0.15, -0.1) is 0 Å². The second kappa shape index (κ2) is 8.40. The first-order valence-electron chi connectivity index (χ1n) is 11.2. The molecule has 0 aromatic heterocycles. The van der Waals surface area contributed by atoms with Crippen LogP contribution in [-0.2, 0) is 10.2 Å². The van der Waals surface area contributed by atoms with E-state index in [0.717, 1.165) is 11.1 Å². The lowest BCUT2D eigenvalue weighted by molar-refractivity contribution is -0.129. The molecule has 2 aromatic rings. The Labute approximate surface area is 195 Å². The van der Waals surface area contributed by atoms with Crippen LogP contribution in [0.5, 0.6) is 5.75 Å². The number of Topliss-reactive ketones (excluding diaryl/α,β-unsaturated/α-hetero) is 1. The molecule has 2 aliphatic rings. The van der Waals surface area contributed by atoms with Crippen LogP contribution >= 0.6 is 11.6 Å². The van der Waals surface area contributed by atoms with E-state index in [1.165, 1.54) is 5.56 Å². The standard InChI is InChI=1S/C27H30ClNO3/c1-18-15-24-21(16-22(18)28)23(30)17-27(32-24)11-13-29(14-12-27)25(31)10-7-19-5-8-20(9-6-19)26(2,3)4/h5-10,15-16H,11-14,17H2,1-4H3/b10-7+. The van der Waals surface area contributed by atoms with E-state index in [-0.39, 0.29) is 17.1 Å². The van der Waals surface area contributed by atoms with Gasteiger partial charge in [0.25, 0.3) is 0 Å². The molecule has 0 bridgehead atoms. The second-order valence-electron chi connectivity index (χ2n) is 10.0. The summed E-state index contributed by atoms with van der Waals surface area (Å²) in [6.45, 7) is 9.60. The largest absolute Gasteiger partial charge is 0.486 e. The summed E-state index contributed by atoms with van der Waals surface area (Å²) in [7, 11) is 0. The van der Waals surface area contributed by atoms with Gasteiger partial charge in [0.15, 0.2) is 5.78 Å². The molecule has 2 aliphatic heterocycles. The summed E-state index contributed by atoms with van der Waals surface area (Å²) < 4.78 is 6.33. The minimum atomic E-state index is -0.534. The molecule has 1 fully saturated rings. The molecule has 0 unspecified atom stereocenters. The molecular weight excluding hydrogens is 422 g/mol. The van der Waals surface area contributed by atoms with Crippen LogP contribution in [0.4, 0.5) is 0 Å². The normalized spacial score (nSPS) is 18.0. The lowest BCUT2D eigenvalue weighted by Crippen LogP contribution is -2.52. The molecule has 4 nitrogen and oxygen atoms in total. The van der Waals surface area contributed by atoms with Gasteiger partial charge in [0.2, 0.25) is 5.91 Å². The summed E-state index contributed by atoms with van der Waals surface area (Å²) in [6.07, 6.45) is 5.11. The fourth-order valence-electron chi connectivity index (χ4n) is 4.40. The molecule has 5 heteroatoms. The maximum Gasteiger partial charge on any atom is 0.246 e. The van der Waals surface area contributed by atoms with E-state index in [1.807, 2.05) is 36.1 Å². The maximum absolute atomic E-state index is 12.8. The van der Waals surface area contributed by atoms with Gasteiger partial charge in [-0.05, 0) is 47.2 Å². The molecule has 1 amide bonds. The summed E-state index contributed by atoms with van der Waals surface area (Å²) in [5.74, 6) is 0.665. The van der Waals surface area contributed by atoms with E-state index in [2.05, 4.69) is 32.9 Å². The van der Waals surface area contributed by atoms with Crippen LogP contribution in [0.15, 0.2) is 42.5 Å². The Morgan fingerprint density at radius 1 is 1.12 bits per heavy atom. The minimum absolute atomic E-state index is 0.00934. The summed E-state index contributed by atoms with van der Waals surface area (Å²) in [5.41, 5.74) is 3.30. The fraction of sp³-hybridized carbons (Fsp3) is 0.407. The maximum atomic E-state index is 12.8. The number of carbonyl (C=O) groups is 2. The Bertz CT molecular complexity index is 1070. The Morgan fingerprint density at radius 2 is 1.78 bits per heavy atom. The third kappa shape index (κ3) is 4.61. The number of likely N-dealkylation sites (tertiary alicyclic amines) is 1. The lowest BCUT2D eigenvalue weighted by Gasteiger charge is -2.43. The predicted octanol–water partition coefficient (Wildman–Crippen LogP) is 5.99. The zero-order valence-electron chi connectivity index (χ0n) is 19.2. The fourth-order valence-corrected chi connectivity index (χ4v) is 4.56. The molecule has 1 saturated heterocycles. The van der Waals surface area contributed by atoms with E-state index >= 15 is 0 Å². The van der Waals surface area contributed by atoms with Crippen molar-refractivity contribution in [3.05, 3.63) is 69.8 Å². The van der Waals surface area contributed by atoms with Crippen LogP contribution in [-0.4, -0.2) is 35.3 Å². The van der Waals surface area contributed by atoms with Crippen LogP contribution in [0.3, 0.4) is 0 Å². The molecule has 0 atom stereocenters. The van der Waals surface area contributed by atoms with Crippen molar-refractivity contribution in [2.24, 2.45) is 0 Å². The van der Waals surface area contributed by atoms with Crippen molar-refractivity contribution in [2.75, 3.05) is 13.1 Å². The minimum Gasteiger partial charge on any atom is -0.486 e. The third-order valence-electron chi connectivity index (χ3n) is 6.55. The van der Waals surface area contributed by atoms with Gasteiger partial charge in [-0.25, -0.2) is 0 Å². The van der Waals surface area contributed by atoms with Crippen LogP contribution < -0.4 is 4.74 Å². The number of fused-ring (bicyclic) bond motifs is 1. The van der Waals surface area contributed by atoms with Gasteiger partial charge >= 0.3 is 0 Å². The van der Waals surface area contributed by atoms with Crippen molar-refractivity contribution in [3.8, 4) is 5.75 Å².